The summed E-state index contributed by atoms with van der Waals surface area (Å²) >= 11 is 0. The fourth-order valence-electron chi connectivity index (χ4n) is 3.12. The van der Waals surface area contributed by atoms with Gasteiger partial charge in [0, 0.05) is 6.42 Å². The van der Waals surface area contributed by atoms with E-state index < -0.39 is 11.7 Å². The van der Waals surface area contributed by atoms with Crippen molar-refractivity contribution in [3.05, 3.63) is 58.9 Å². The molecule has 0 aliphatic heterocycles. The number of rotatable bonds is 4. The summed E-state index contributed by atoms with van der Waals surface area (Å²) in [5, 5.41) is 2.46. The highest BCUT2D eigenvalue weighted by Crippen LogP contribution is 2.40. The summed E-state index contributed by atoms with van der Waals surface area (Å²) in [5.74, 6) is -0.387. The van der Waals surface area contributed by atoms with Crippen molar-refractivity contribution in [1.29, 1.82) is 0 Å². The smallest absolute Gasteiger partial charge is 0.262 e. The molecule has 124 valence electrons. The van der Waals surface area contributed by atoms with E-state index in [-0.39, 0.29) is 24.0 Å². The number of halogens is 1. The van der Waals surface area contributed by atoms with Gasteiger partial charge in [0.25, 0.3) is 5.91 Å². The third-order valence-corrected chi connectivity index (χ3v) is 4.20. The molecule has 0 saturated heterocycles. The SMILES string of the molecule is Cc1ccc(OCC(=O)Nc2ccccc2F)c2c1[C@H](C)CC2=O. The van der Waals surface area contributed by atoms with Crippen LogP contribution < -0.4 is 10.1 Å². The van der Waals surface area contributed by atoms with E-state index in [0.29, 0.717) is 17.7 Å². The van der Waals surface area contributed by atoms with Gasteiger partial charge in [-0.1, -0.05) is 25.1 Å². The highest BCUT2D eigenvalue weighted by atomic mass is 19.1. The molecule has 1 N–H and O–H groups in total. The second-order valence-corrected chi connectivity index (χ2v) is 6.01. The van der Waals surface area contributed by atoms with Gasteiger partial charge in [-0.05, 0) is 42.2 Å². The first kappa shape index (κ1) is 16.2. The highest BCUT2D eigenvalue weighted by molar-refractivity contribution is 6.04. The van der Waals surface area contributed by atoms with E-state index in [0.717, 1.165) is 11.1 Å². The zero-order valence-corrected chi connectivity index (χ0v) is 13.6. The van der Waals surface area contributed by atoms with E-state index >= 15 is 0 Å². The van der Waals surface area contributed by atoms with Crippen molar-refractivity contribution in [1.82, 2.24) is 0 Å². The van der Waals surface area contributed by atoms with E-state index in [1.165, 1.54) is 12.1 Å². The zero-order chi connectivity index (χ0) is 17.3. The third-order valence-electron chi connectivity index (χ3n) is 4.20. The maximum absolute atomic E-state index is 13.5. The number of Topliss-reactive ketones (excluding diaryl/α,β-unsaturated/α-hetero) is 1. The summed E-state index contributed by atoms with van der Waals surface area (Å²) in [5.41, 5.74) is 2.71. The molecule has 0 aromatic heterocycles. The number of carbonyl (C=O) groups is 2. The number of aryl methyl sites for hydroxylation is 1. The molecule has 2 aromatic carbocycles. The number of ether oxygens (including phenoxy) is 1. The molecule has 0 fully saturated rings. The Kier molecular flexibility index (Phi) is 4.34. The van der Waals surface area contributed by atoms with Gasteiger partial charge < -0.3 is 10.1 Å². The minimum absolute atomic E-state index is 0.0331. The van der Waals surface area contributed by atoms with Gasteiger partial charge in [0.15, 0.2) is 12.4 Å². The molecule has 1 atom stereocenters. The van der Waals surface area contributed by atoms with Crippen LogP contribution in [0.3, 0.4) is 0 Å². The van der Waals surface area contributed by atoms with Gasteiger partial charge in [-0.2, -0.15) is 0 Å². The summed E-state index contributed by atoms with van der Waals surface area (Å²) in [6.07, 6.45) is 0.456. The van der Waals surface area contributed by atoms with Crippen molar-refractivity contribution in [2.45, 2.75) is 26.2 Å². The van der Waals surface area contributed by atoms with Crippen LogP contribution in [0.2, 0.25) is 0 Å². The first-order valence-corrected chi connectivity index (χ1v) is 7.81. The van der Waals surface area contributed by atoms with Gasteiger partial charge in [0.1, 0.15) is 11.6 Å². The Morgan fingerprint density at radius 1 is 1.29 bits per heavy atom. The topological polar surface area (TPSA) is 55.4 Å². The molecule has 0 heterocycles. The number of fused-ring (bicyclic) bond motifs is 1. The van der Waals surface area contributed by atoms with Crippen LogP contribution in [0.4, 0.5) is 10.1 Å². The lowest BCUT2D eigenvalue weighted by Crippen LogP contribution is -2.21. The molecule has 24 heavy (non-hydrogen) atoms. The van der Waals surface area contributed by atoms with E-state index in [2.05, 4.69) is 5.32 Å². The van der Waals surface area contributed by atoms with Crippen LogP contribution in [0.25, 0.3) is 0 Å². The van der Waals surface area contributed by atoms with E-state index in [4.69, 9.17) is 4.74 Å². The first-order valence-electron chi connectivity index (χ1n) is 7.81. The number of hydrogen-bond acceptors (Lipinski definition) is 3. The van der Waals surface area contributed by atoms with Gasteiger partial charge in [-0.3, -0.25) is 9.59 Å². The normalized spacial score (nSPS) is 16.0. The molecule has 0 radical (unpaired) electrons. The number of para-hydroxylation sites is 1. The molecule has 0 saturated carbocycles. The number of ketones is 1. The molecular formula is C19H18FNO3. The molecular weight excluding hydrogens is 309 g/mol. The Morgan fingerprint density at radius 2 is 2.04 bits per heavy atom. The largest absolute Gasteiger partial charge is 0.483 e. The number of anilines is 1. The maximum Gasteiger partial charge on any atom is 0.262 e. The Bertz CT molecular complexity index is 816. The summed E-state index contributed by atoms with van der Waals surface area (Å²) in [7, 11) is 0. The van der Waals surface area contributed by atoms with Crippen molar-refractivity contribution in [3.8, 4) is 5.75 Å². The van der Waals surface area contributed by atoms with Crippen molar-refractivity contribution < 1.29 is 18.7 Å². The van der Waals surface area contributed by atoms with Crippen LogP contribution in [0, 0.1) is 12.7 Å². The number of nitrogens with one attached hydrogen (secondary N) is 1. The Labute approximate surface area is 139 Å². The zero-order valence-electron chi connectivity index (χ0n) is 13.6. The molecule has 0 unspecified atom stereocenters. The van der Waals surface area contributed by atoms with Gasteiger partial charge in [-0.15, -0.1) is 0 Å². The number of amides is 1. The number of carbonyl (C=O) groups excluding carboxylic acids is 2. The molecule has 4 nitrogen and oxygen atoms in total. The fourth-order valence-corrected chi connectivity index (χ4v) is 3.12. The molecule has 1 aliphatic rings. The monoisotopic (exact) mass is 327 g/mol. The van der Waals surface area contributed by atoms with Crippen molar-refractivity contribution >= 4 is 17.4 Å². The molecule has 0 bridgehead atoms. The van der Waals surface area contributed by atoms with Gasteiger partial charge in [-0.25, -0.2) is 4.39 Å². The summed E-state index contributed by atoms with van der Waals surface area (Å²) in [6.45, 7) is 3.68. The average molecular weight is 327 g/mol. The van der Waals surface area contributed by atoms with Crippen LogP contribution in [-0.2, 0) is 4.79 Å². The highest BCUT2D eigenvalue weighted by Gasteiger charge is 2.31. The lowest BCUT2D eigenvalue weighted by atomic mass is 9.97. The van der Waals surface area contributed by atoms with E-state index in [9.17, 15) is 14.0 Å². The quantitative estimate of drug-likeness (QED) is 0.928. The van der Waals surface area contributed by atoms with Crippen LogP contribution in [0.1, 0.15) is 40.7 Å². The molecule has 1 amide bonds. The molecule has 3 rings (SSSR count). The second-order valence-electron chi connectivity index (χ2n) is 6.01. The van der Waals surface area contributed by atoms with Crippen LogP contribution >= 0.6 is 0 Å². The van der Waals surface area contributed by atoms with Gasteiger partial charge >= 0.3 is 0 Å². The number of benzene rings is 2. The Hall–Kier alpha value is -2.69. The summed E-state index contributed by atoms with van der Waals surface area (Å²) in [6, 6.07) is 9.51. The second kappa shape index (κ2) is 6.43. The summed E-state index contributed by atoms with van der Waals surface area (Å²) < 4.78 is 19.1. The maximum atomic E-state index is 13.5. The Balaban J connectivity index is 1.73. The average Bonchev–Trinajstić information content (AvgIpc) is 2.85. The van der Waals surface area contributed by atoms with E-state index in [1.54, 1.807) is 18.2 Å². The lowest BCUT2D eigenvalue weighted by molar-refractivity contribution is -0.118. The van der Waals surface area contributed by atoms with Gasteiger partial charge in [0.05, 0.1) is 11.3 Å². The molecule has 5 heteroatoms. The van der Waals surface area contributed by atoms with Crippen LogP contribution in [0.5, 0.6) is 5.75 Å². The molecule has 2 aromatic rings. The third kappa shape index (κ3) is 3.02. The predicted octanol–water partition coefficient (Wildman–Crippen LogP) is 3.84. The number of hydrogen-bond donors (Lipinski definition) is 1. The standard InChI is InChI=1S/C19H18FNO3/c1-11-7-8-16(19-15(22)9-12(2)18(11)19)24-10-17(23)21-14-6-4-3-5-13(14)20/h3-8,12H,9-10H2,1-2H3,(H,21,23)/t12-/m1/s1. The molecule has 0 spiro atoms. The van der Waals surface area contributed by atoms with Crippen LogP contribution in [0.15, 0.2) is 36.4 Å². The van der Waals surface area contributed by atoms with Crippen molar-refractivity contribution in [2.75, 3.05) is 11.9 Å². The Morgan fingerprint density at radius 3 is 2.79 bits per heavy atom. The lowest BCUT2D eigenvalue weighted by Gasteiger charge is -2.13. The predicted molar refractivity (Wildman–Crippen MR) is 89.1 cm³/mol. The first-order chi connectivity index (χ1) is 11.5. The van der Waals surface area contributed by atoms with Crippen molar-refractivity contribution in [3.63, 3.8) is 0 Å². The van der Waals surface area contributed by atoms with Crippen LogP contribution in [-0.4, -0.2) is 18.3 Å². The fraction of sp³-hybridized carbons (Fsp3) is 0.263. The summed E-state index contributed by atoms with van der Waals surface area (Å²) in [4.78, 5) is 24.2. The van der Waals surface area contributed by atoms with Gasteiger partial charge in [0.2, 0.25) is 0 Å². The minimum Gasteiger partial charge on any atom is -0.483 e. The van der Waals surface area contributed by atoms with E-state index in [1.807, 2.05) is 19.9 Å². The molecule has 1 aliphatic carbocycles. The minimum atomic E-state index is -0.508. The van der Waals surface area contributed by atoms with Crippen molar-refractivity contribution in [2.24, 2.45) is 0 Å².